The summed E-state index contributed by atoms with van der Waals surface area (Å²) < 4.78 is 10.5. The summed E-state index contributed by atoms with van der Waals surface area (Å²) >= 11 is 0. The number of hydrogen-bond acceptors (Lipinski definition) is 5. The molecule has 6 nitrogen and oxygen atoms in total. The molecule has 6 atom stereocenters. The highest BCUT2D eigenvalue weighted by atomic mass is 16.5. The monoisotopic (exact) mass is 352 g/mol. The Labute approximate surface area is 151 Å². The van der Waals surface area contributed by atoms with Crippen molar-refractivity contribution in [2.24, 2.45) is 40.6 Å². The van der Waals surface area contributed by atoms with Gasteiger partial charge in [-0.05, 0) is 42.2 Å². The minimum Gasteiger partial charge on any atom is -0.497 e. The molecule has 6 heteroatoms. The molecule has 2 bridgehead atoms. The maximum atomic E-state index is 12.9. The number of benzene rings is 1. The number of hydrogen-bond donors (Lipinski definition) is 0. The first-order chi connectivity index (χ1) is 12.6. The van der Waals surface area contributed by atoms with Crippen molar-refractivity contribution in [2.45, 2.75) is 6.42 Å². The van der Waals surface area contributed by atoms with Crippen LogP contribution in [0.5, 0.6) is 11.5 Å². The Hall–Kier alpha value is -2.63. The van der Waals surface area contributed by atoms with Crippen molar-refractivity contribution < 1.29 is 19.1 Å². The Balaban J connectivity index is 1.43. The van der Waals surface area contributed by atoms with E-state index in [1.54, 1.807) is 32.4 Å². The summed E-state index contributed by atoms with van der Waals surface area (Å²) in [5.41, 5.74) is 0.688. The Kier molecular flexibility index (Phi) is 3.26. The summed E-state index contributed by atoms with van der Waals surface area (Å²) in [6.45, 7) is 0. The number of carbonyl (C=O) groups excluding carboxylic acids is 2. The molecule has 2 saturated carbocycles. The maximum Gasteiger partial charge on any atom is 0.254 e. The van der Waals surface area contributed by atoms with Gasteiger partial charge in [-0.3, -0.25) is 9.59 Å². The second-order valence-electron chi connectivity index (χ2n) is 7.50. The zero-order chi connectivity index (χ0) is 18.0. The average molecular weight is 352 g/mol. The van der Waals surface area contributed by atoms with E-state index in [1.165, 1.54) is 6.21 Å². The summed E-state index contributed by atoms with van der Waals surface area (Å²) in [6.07, 6.45) is 6.99. The van der Waals surface area contributed by atoms with E-state index in [0.29, 0.717) is 28.9 Å². The van der Waals surface area contributed by atoms with E-state index in [-0.39, 0.29) is 35.5 Å². The molecule has 5 aliphatic rings. The SMILES string of the molecule is COc1ccc(/C=N\N2C(=O)[C@@H]3[C@@H]4C=C[C@H]([C@@H]5C[C@H]45)[C@H]3C2=O)c(OC)c1. The lowest BCUT2D eigenvalue weighted by atomic mass is 9.63. The number of methoxy groups -OCH3 is 2. The van der Waals surface area contributed by atoms with Crippen LogP contribution < -0.4 is 9.47 Å². The van der Waals surface area contributed by atoms with Gasteiger partial charge in [0, 0.05) is 11.6 Å². The molecule has 26 heavy (non-hydrogen) atoms. The summed E-state index contributed by atoms with van der Waals surface area (Å²) in [4.78, 5) is 25.8. The number of carbonyl (C=O) groups is 2. The average Bonchev–Trinajstić information content (AvgIpc) is 3.45. The fraction of sp³-hybridized carbons (Fsp3) is 0.450. The predicted molar refractivity (Wildman–Crippen MR) is 93.7 cm³/mol. The molecule has 2 amide bonds. The van der Waals surface area contributed by atoms with Crippen LogP contribution in [-0.2, 0) is 9.59 Å². The number of allylic oxidation sites excluding steroid dienone is 2. The van der Waals surface area contributed by atoms with Gasteiger partial charge >= 0.3 is 0 Å². The fourth-order valence-electron chi connectivity index (χ4n) is 5.10. The van der Waals surface area contributed by atoms with Gasteiger partial charge in [0.05, 0.1) is 32.3 Å². The molecule has 0 N–H and O–H groups in total. The number of nitrogens with zero attached hydrogens (tertiary/aromatic N) is 2. The predicted octanol–water partition coefficient (Wildman–Crippen LogP) is 2.09. The van der Waals surface area contributed by atoms with Crippen LogP contribution in [0.2, 0.25) is 0 Å². The van der Waals surface area contributed by atoms with Gasteiger partial charge in [0.2, 0.25) is 0 Å². The summed E-state index contributed by atoms with van der Waals surface area (Å²) in [6, 6.07) is 5.32. The highest BCUT2D eigenvalue weighted by Gasteiger charge is 2.67. The minimum atomic E-state index is -0.226. The topological polar surface area (TPSA) is 68.2 Å². The van der Waals surface area contributed by atoms with Crippen molar-refractivity contribution in [3.8, 4) is 11.5 Å². The van der Waals surface area contributed by atoms with Crippen molar-refractivity contribution in [2.75, 3.05) is 14.2 Å². The Morgan fingerprint density at radius 3 is 2.27 bits per heavy atom. The Morgan fingerprint density at radius 2 is 1.69 bits per heavy atom. The van der Waals surface area contributed by atoms with Gasteiger partial charge in [-0.15, -0.1) is 0 Å². The molecule has 3 fully saturated rings. The zero-order valence-electron chi connectivity index (χ0n) is 14.7. The quantitative estimate of drug-likeness (QED) is 0.473. The van der Waals surface area contributed by atoms with Gasteiger partial charge in [0.15, 0.2) is 0 Å². The van der Waals surface area contributed by atoms with Crippen LogP contribution in [0.3, 0.4) is 0 Å². The van der Waals surface area contributed by atoms with Gasteiger partial charge in [-0.25, -0.2) is 0 Å². The van der Waals surface area contributed by atoms with E-state index >= 15 is 0 Å². The highest BCUT2D eigenvalue weighted by molar-refractivity contribution is 6.06. The van der Waals surface area contributed by atoms with Gasteiger partial charge in [-0.2, -0.15) is 10.1 Å². The van der Waals surface area contributed by atoms with E-state index < -0.39 is 0 Å². The lowest BCUT2D eigenvalue weighted by Crippen LogP contribution is -2.40. The Morgan fingerprint density at radius 1 is 1.04 bits per heavy atom. The molecule has 1 saturated heterocycles. The van der Waals surface area contributed by atoms with Crippen LogP contribution in [0.1, 0.15) is 12.0 Å². The third kappa shape index (κ3) is 2.01. The van der Waals surface area contributed by atoms with Crippen LogP contribution in [0, 0.1) is 35.5 Å². The molecule has 1 aromatic rings. The second kappa shape index (κ2) is 5.43. The van der Waals surface area contributed by atoms with Gasteiger partial charge in [-0.1, -0.05) is 12.2 Å². The molecular weight excluding hydrogens is 332 g/mol. The van der Waals surface area contributed by atoms with Crippen LogP contribution >= 0.6 is 0 Å². The summed E-state index contributed by atoms with van der Waals surface area (Å²) in [5, 5.41) is 5.32. The van der Waals surface area contributed by atoms with Crippen molar-refractivity contribution in [3.63, 3.8) is 0 Å². The third-order valence-electron chi connectivity index (χ3n) is 6.39. The van der Waals surface area contributed by atoms with E-state index in [4.69, 9.17) is 9.47 Å². The smallest absolute Gasteiger partial charge is 0.254 e. The first-order valence-corrected chi connectivity index (χ1v) is 8.96. The Bertz CT molecular complexity index is 825. The molecule has 0 spiro atoms. The third-order valence-corrected chi connectivity index (χ3v) is 6.39. The van der Waals surface area contributed by atoms with Crippen molar-refractivity contribution in [3.05, 3.63) is 35.9 Å². The molecule has 0 unspecified atom stereocenters. The van der Waals surface area contributed by atoms with E-state index in [2.05, 4.69) is 17.3 Å². The molecule has 4 aliphatic carbocycles. The lowest BCUT2D eigenvalue weighted by molar-refractivity contribution is -0.140. The molecule has 1 aliphatic heterocycles. The van der Waals surface area contributed by atoms with Crippen LogP contribution in [0.25, 0.3) is 0 Å². The van der Waals surface area contributed by atoms with E-state index in [0.717, 1.165) is 11.4 Å². The molecule has 134 valence electrons. The van der Waals surface area contributed by atoms with Gasteiger partial charge < -0.3 is 9.47 Å². The standard InChI is InChI=1S/C20H20N2O4/c1-25-11-4-3-10(16(7-11)26-2)9-21-22-19(23)17-12-5-6-13(15-8-14(12)15)18(17)20(22)24/h3-7,9,12-15,17-18H,8H2,1-2H3/b21-9-/t12-,13-,14-,15+,17-,18-/m1/s1. The molecule has 1 aromatic carbocycles. The lowest BCUT2D eigenvalue weighted by Gasteiger charge is -2.37. The molecule has 0 aromatic heterocycles. The molecule has 0 radical (unpaired) electrons. The second-order valence-corrected chi connectivity index (χ2v) is 7.50. The molecule has 6 rings (SSSR count). The summed E-state index contributed by atoms with van der Waals surface area (Å²) in [5.74, 6) is 2.08. The van der Waals surface area contributed by atoms with E-state index in [9.17, 15) is 9.59 Å². The largest absolute Gasteiger partial charge is 0.497 e. The summed E-state index contributed by atoms with van der Waals surface area (Å²) in [7, 11) is 3.14. The number of hydrazone groups is 1. The first kappa shape index (κ1) is 15.6. The van der Waals surface area contributed by atoms with Crippen molar-refractivity contribution in [1.29, 1.82) is 0 Å². The normalized spacial score (nSPS) is 36.5. The fourth-order valence-corrected chi connectivity index (χ4v) is 5.10. The van der Waals surface area contributed by atoms with Gasteiger partial charge in [0.25, 0.3) is 11.8 Å². The van der Waals surface area contributed by atoms with Crippen molar-refractivity contribution >= 4 is 18.0 Å². The van der Waals surface area contributed by atoms with Crippen LogP contribution in [-0.4, -0.2) is 37.3 Å². The number of imide groups is 1. The number of amides is 2. The first-order valence-electron chi connectivity index (χ1n) is 8.96. The highest BCUT2D eigenvalue weighted by Crippen LogP contribution is 2.65. The number of rotatable bonds is 4. The van der Waals surface area contributed by atoms with E-state index in [1.807, 2.05) is 0 Å². The van der Waals surface area contributed by atoms with Gasteiger partial charge in [0.1, 0.15) is 11.5 Å². The zero-order valence-corrected chi connectivity index (χ0v) is 14.7. The molecule has 1 heterocycles. The minimum absolute atomic E-state index is 0.159. The number of ether oxygens (including phenoxy) is 2. The van der Waals surface area contributed by atoms with Crippen LogP contribution in [0.4, 0.5) is 0 Å². The van der Waals surface area contributed by atoms with Crippen molar-refractivity contribution in [1.82, 2.24) is 5.01 Å². The van der Waals surface area contributed by atoms with Crippen LogP contribution in [0.15, 0.2) is 35.5 Å². The molecular formula is C20H20N2O4. The maximum absolute atomic E-state index is 12.9.